The zero-order valence-electron chi connectivity index (χ0n) is 13.8. The lowest BCUT2D eigenvalue weighted by Gasteiger charge is -2.00. The lowest BCUT2D eigenvalue weighted by Crippen LogP contribution is -2.07. The van der Waals surface area contributed by atoms with Gasteiger partial charge in [-0.3, -0.25) is 4.79 Å². The molecular weight excluding hydrogens is 412 g/mol. The molecule has 0 radical (unpaired) electrons. The van der Waals surface area contributed by atoms with E-state index in [0.29, 0.717) is 32.9 Å². The van der Waals surface area contributed by atoms with Gasteiger partial charge in [0.25, 0.3) is 0 Å². The maximum Gasteiger partial charge on any atom is 0.248 e. The first-order valence-corrected chi connectivity index (χ1v) is 8.80. The number of oxazole rings is 1. The number of carbonyl (C=O) groups excluding carboxylic acids is 1. The number of hydrogen-bond donors (Lipinski definition) is 2. The van der Waals surface area contributed by atoms with E-state index in [1.165, 1.54) is 6.08 Å². The number of aromatic nitrogens is 1. The largest absolute Gasteiger partial charge is 0.507 e. The fourth-order valence-electron chi connectivity index (χ4n) is 2.50. The predicted molar refractivity (Wildman–Crippen MR) is 105 cm³/mol. The number of fused-ring (bicyclic) bond motifs is 1. The normalized spacial score (nSPS) is 11.3. The minimum atomic E-state index is -0.281. The van der Waals surface area contributed by atoms with Gasteiger partial charge in [-0.15, -0.1) is 0 Å². The van der Waals surface area contributed by atoms with Crippen LogP contribution in [0.4, 0.5) is 5.69 Å². The van der Waals surface area contributed by atoms with Crippen molar-refractivity contribution in [2.45, 2.75) is 0 Å². The summed E-state index contributed by atoms with van der Waals surface area (Å²) >= 11 is 3.27. The summed E-state index contributed by atoms with van der Waals surface area (Å²) in [7, 11) is 0. The standard InChI is InChI=1S/C20H13BrN2O4/c21-15-10-12(3-6-17(15)24)20-23-16-11-13(4-7-18(16)27-20)22-19(25)8-5-14-2-1-9-26-14/h1-11,24H,(H,22,25). The Hall–Kier alpha value is -3.32. The molecule has 2 aromatic carbocycles. The molecule has 134 valence electrons. The molecule has 4 rings (SSSR count). The predicted octanol–water partition coefficient (Wildman–Crippen LogP) is 5.21. The number of hydrogen-bond acceptors (Lipinski definition) is 5. The average molecular weight is 425 g/mol. The van der Waals surface area contributed by atoms with Crippen LogP contribution in [0.3, 0.4) is 0 Å². The monoisotopic (exact) mass is 424 g/mol. The molecule has 0 atom stereocenters. The highest BCUT2D eigenvalue weighted by Crippen LogP contribution is 2.31. The van der Waals surface area contributed by atoms with Crippen LogP contribution in [0.2, 0.25) is 0 Å². The van der Waals surface area contributed by atoms with Crippen LogP contribution in [0.1, 0.15) is 5.76 Å². The summed E-state index contributed by atoms with van der Waals surface area (Å²) in [6.07, 6.45) is 4.52. The molecule has 0 fully saturated rings. The van der Waals surface area contributed by atoms with E-state index in [2.05, 4.69) is 26.2 Å². The van der Waals surface area contributed by atoms with Crippen molar-refractivity contribution in [1.82, 2.24) is 4.98 Å². The Balaban J connectivity index is 1.55. The van der Waals surface area contributed by atoms with Gasteiger partial charge in [0, 0.05) is 17.3 Å². The second kappa shape index (κ2) is 7.13. The Labute approximate surface area is 162 Å². The van der Waals surface area contributed by atoms with E-state index < -0.39 is 0 Å². The van der Waals surface area contributed by atoms with Gasteiger partial charge in [-0.2, -0.15) is 0 Å². The molecular formula is C20H13BrN2O4. The zero-order chi connectivity index (χ0) is 18.8. The van der Waals surface area contributed by atoms with Gasteiger partial charge in [-0.25, -0.2) is 4.98 Å². The fraction of sp³-hybridized carbons (Fsp3) is 0. The van der Waals surface area contributed by atoms with E-state index in [-0.39, 0.29) is 11.7 Å². The van der Waals surface area contributed by atoms with Gasteiger partial charge < -0.3 is 19.3 Å². The number of amides is 1. The number of benzene rings is 2. The number of furan rings is 1. The summed E-state index contributed by atoms with van der Waals surface area (Å²) < 4.78 is 11.5. The number of phenolic OH excluding ortho intramolecular Hbond substituents is 1. The second-order valence-electron chi connectivity index (χ2n) is 5.71. The summed E-state index contributed by atoms with van der Waals surface area (Å²) in [4.78, 5) is 16.5. The second-order valence-corrected chi connectivity index (χ2v) is 6.56. The van der Waals surface area contributed by atoms with Crippen LogP contribution in [0.15, 0.2) is 74.2 Å². The Morgan fingerprint density at radius 2 is 2.07 bits per heavy atom. The number of phenols is 1. The smallest absolute Gasteiger partial charge is 0.248 e. The lowest BCUT2D eigenvalue weighted by atomic mass is 10.2. The van der Waals surface area contributed by atoms with Crippen molar-refractivity contribution in [1.29, 1.82) is 0 Å². The third-order valence-electron chi connectivity index (χ3n) is 3.79. The van der Waals surface area contributed by atoms with Crippen LogP contribution in [-0.2, 0) is 4.79 Å². The number of aromatic hydroxyl groups is 1. The van der Waals surface area contributed by atoms with Gasteiger partial charge in [0.2, 0.25) is 11.8 Å². The van der Waals surface area contributed by atoms with E-state index in [4.69, 9.17) is 8.83 Å². The zero-order valence-corrected chi connectivity index (χ0v) is 15.4. The van der Waals surface area contributed by atoms with Gasteiger partial charge in [0.05, 0.1) is 10.7 Å². The first-order chi connectivity index (χ1) is 13.1. The summed E-state index contributed by atoms with van der Waals surface area (Å²) in [5, 5.41) is 12.4. The van der Waals surface area contributed by atoms with Crippen LogP contribution in [0.5, 0.6) is 5.75 Å². The Morgan fingerprint density at radius 3 is 2.85 bits per heavy atom. The highest BCUT2D eigenvalue weighted by molar-refractivity contribution is 9.10. The number of anilines is 1. The maximum atomic E-state index is 12.0. The molecule has 0 aliphatic rings. The van der Waals surface area contributed by atoms with Crippen molar-refractivity contribution in [3.63, 3.8) is 0 Å². The minimum Gasteiger partial charge on any atom is -0.507 e. The Kier molecular flexibility index (Phi) is 4.52. The number of carbonyl (C=O) groups is 1. The molecule has 27 heavy (non-hydrogen) atoms. The van der Waals surface area contributed by atoms with Crippen LogP contribution in [0, 0.1) is 0 Å². The van der Waals surface area contributed by atoms with Gasteiger partial charge in [0.15, 0.2) is 5.58 Å². The van der Waals surface area contributed by atoms with Crippen LogP contribution >= 0.6 is 15.9 Å². The third-order valence-corrected chi connectivity index (χ3v) is 4.43. The van der Waals surface area contributed by atoms with Crippen molar-refractivity contribution in [2.24, 2.45) is 0 Å². The van der Waals surface area contributed by atoms with Crippen LogP contribution in [-0.4, -0.2) is 16.0 Å². The molecule has 0 saturated carbocycles. The number of nitrogens with one attached hydrogen (secondary N) is 1. The summed E-state index contributed by atoms with van der Waals surface area (Å²) in [5.74, 6) is 0.882. The molecule has 4 aromatic rings. The first kappa shape index (κ1) is 17.1. The number of nitrogens with zero attached hydrogens (tertiary/aromatic N) is 1. The van der Waals surface area contributed by atoms with Crippen LogP contribution in [0.25, 0.3) is 28.6 Å². The Morgan fingerprint density at radius 1 is 1.19 bits per heavy atom. The topological polar surface area (TPSA) is 88.5 Å². The van der Waals surface area contributed by atoms with Crippen molar-refractivity contribution in [3.05, 3.63) is 71.1 Å². The van der Waals surface area contributed by atoms with Crippen LogP contribution < -0.4 is 5.32 Å². The van der Waals surface area contributed by atoms with Crippen molar-refractivity contribution < 1.29 is 18.7 Å². The molecule has 7 heteroatoms. The van der Waals surface area contributed by atoms with Crippen molar-refractivity contribution in [2.75, 3.05) is 5.32 Å². The van der Waals surface area contributed by atoms with Crippen molar-refractivity contribution >= 4 is 44.7 Å². The number of rotatable bonds is 4. The highest BCUT2D eigenvalue weighted by atomic mass is 79.9. The van der Waals surface area contributed by atoms with E-state index in [1.54, 1.807) is 60.9 Å². The molecule has 0 bridgehead atoms. The van der Waals surface area contributed by atoms with E-state index in [1.807, 2.05) is 0 Å². The lowest BCUT2D eigenvalue weighted by molar-refractivity contribution is -0.111. The summed E-state index contributed by atoms with van der Waals surface area (Å²) in [6, 6.07) is 13.7. The Bertz CT molecular complexity index is 1150. The molecule has 6 nitrogen and oxygen atoms in total. The molecule has 0 saturated heterocycles. The molecule has 2 heterocycles. The van der Waals surface area contributed by atoms with Gasteiger partial charge in [-0.1, -0.05) is 0 Å². The fourth-order valence-corrected chi connectivity index (χ4v) is 2.88. The quantitative estimate of drug-likeness (QED) is 0.439. The molecule has 2 aromatic heterocycles. The molecule has 1 amide bonds. The van der Waals surface area contributed by atoms with Crippen molar-refractivity contribution in [3.8, 4) is 17.2 Å². The van der Waals surface area contributed by atoms with E-state index in [9.17, 15) is 9.90 Å². The summed E-state index contributed by atoms with van der Waals surface area (Å²) in [5.41, 5.74) is 2.53. The molecule has 0 unspecified atom stereocenters. The van der Waals surface area contributed by atoms with Gasteiger partial charge >= 0.3 is 0 Å². The molecule has 0 aliphatic carbocycles. The molecule has 2 N–H and O–H groups in total. The molecule has 0 spiro atoms. The van der Waals surface area contributed by atoms with E-state index >= 15 is 0 Å². The first-order valence-electron chi connectivity index (χ1n) is 8.00. The molecule has 0 aliphatic heterocycles. The van der Waals surface area contributed by atoms with E-state index in [0.717, 1.165) is 5.56 Å². The maximum absolute atomic E-state index is 12.0. The van der Waals surface area contributed by atoms with Gasteiger partial charge in [0.1, 0.15) is 17.0 Å². The third kappa shape index (κ3) is 3.78. The number of halogens is 1. The SMILES string of the molecule is O=C(C=Cc1ccco1)Nc1ccc2oc(-c3ccc(O)c(Br)c3)nc2c1. The average Bonchev–Trinajstić information content (AvgIpc) is 3.31. The minimum absolute atomic E-state index is 0.141. The van der Waals surface area contributed by atoms with Gasteiger partial charge in [-0.05, 0) is 70.5 Å². The highest BCUT2D eigenvalue weighted by Gasteiger charge is 2.11. The summed E-state index contributed by atoms with van der Waals surface area (Å²) in [6.45, 7) is 0.